The third kappa shape index (κ3) is 5.01. The highest BCUT2D eigenvalue weighted by Gasteiger charge is 2.17. The Morgan fingerprint density at radius 1 is 1.07 bits per heavy atom. The molecule has 1 N–H and O–H groups in total. The van der Waals surface area contributed by atoms with Crippen molar-refractivity contribution in [2.75, 3.05) is 25.0 Å². The van der Waals surface area contributed by atoms with Gasteiger partial charge in [0, 0.05) is 29.4 Å². The minimum absolute atomic E-state index is 0.00736. The van der Waals surface area contributed by atoms with Crippen molar-refractivity contribution in [2.24, 2.45) is 0 Å². The van der Waals surface area contributed by atoms with Gasteiger partial charge in [-0.25, -0.2) is 0 Å². The summed E-state index contributed by atoms with van der Waals surface area (Å²) in [6, 6.07) is 12.1. The number of rotatable bonds is 5. The smallest absolute Gasteiger partial charge is 0.260 e. The lowest BCUT2D eigenvalue weighted by atomic mass is 10.1. The third-order valence-electron chi connectivity index (χ3n) is 4.70. The third-order valence-corrected chi connectivity index (χ3v) is 5.11. The standard InChI is InChI=1S/C21H23ClN2O3/c1-15-18(22)6-5-7-19(15)23-21(26)16-8-10-17(11-9-16)27-14-20(25)24-12-3-2-4-13-24/h5-11H,2-4,12-14H2,1H3,(H,23,26). The van der Waals surface area contributed by atoms with Crippen molar-refractivity contribution < 1.29 is 14.3 Å². The average molecular weight is 387 g/mol. The van der Waals surface area contributed by atoms with Crippen molar-refractivity contribution in [1.29, 1.82) is 0 Å². The SMILES string of the molecule is Cc1c(Cl)cccc1NC(=O)c1ccc(OCC(=O)N2CCCCC2)cc1. The molecule has 142 valence electrons. The van der Waals surface area contributed by atoms with Crippen LogP contribution in [0.2, 0.25) is 5.02 Å². The molecular weight excluding hydrogens is 364 g/mol. The van der Waals surface area contributed by atoms with Gasteiger partial charge in [0.1, 0.15) is 5.75 Å². The van der Waals surface area contributed by atoms with E-state index in [2.05, 4.69) is 5.32 Å². The molecule has 0 unspecified atom stereocenters. The first kappa shape index (κ1) is 19.2. The van der Waals surface area contributed by atoms with Crippen LogP contribution in [-0.4, -0.2) is 36.4 Å². The van der Waals surface area contributed by atoms with Crippen molar-refractivity contribution in [3.63, 3.8) is 0 Å². The van der Waals surface area contributed by atoms with E-state index in [9.17, 15) is 9.59 Å². The second-order valence-corrected chi connectivity index (χ2v) is 7.03. The lowest BCUT2D eigenvalue weighted by Gasteiger charge is -2.26. The van der Waals surface area contributed by atoms with Crippen LogP contribution in [0.3, 0.4) is 0 Å². The molecule has 2 aromatic rings. The average Bonchev–Trinajstić information content (AvgIpc) is 2.70. The number of likely N-dealkylation sites (tertiary alicyclic amines) is 1. The number of ether oxygens (including phenoxy) is 1. The summed E-state index contributed by atoms with van der Waals surface area (Å²) in [5.41, 5.74) is 2.01. The van der Waals surface area contributed by atoms with E-state index in [1.807, 2.05) is 17.9 Å². The minimum Gasteiger partial charge on any atom is -0.484 e. The van der Waals surface area contributed by atoms with Crippen molar-refractivity contribution in [3.05, 3.63) is 58.6 Å². The first-order valence-electron chi connectivity index (χ1n) is 9.12. The Kier molecular flexibility index (Phi) is 6.35. The molecule has 0 spiro atoms. The lowest BCUT2D eigenvalue weighted by Crippen LogP contribution is -2.38. The number of hydrogen-bond donors (Lipinski definition) is 1. The highest BCUT2D eigenvalue weighted by molar-refractivity contribution is 6.31. The molecule has 0 aromatic heterocycles. The maximum Gasteiger partial charge on any atom is 0.260 e. The van der Waals surface area contributed by atoms with Crippen LogP contribution in [-0.2, 0) is 4.79 Å². The van der Waals surface area contributed by atoms with E-state index in [-0.39, 0.29) is 18.4 Å². The molecule has 0 saturated carbocycles. The molecule has 1 saturated heterocycles. The highest BCUT2D eigenvalue weighted by atomic mass is 35.5. The van der Waals surface area contributed by atoms with Gasteiger partial charge < -0.3 is 15.0 Å². The Morgan fingerprint density at radius 3 is 2.48 bits per heavy atom. The quantitative estimate of drug-likeness (QED) is 0.833. The summed E-state index contributed by atoms with van der Waals surface area (Å²) in [6.45, 7) is 3.50. The summed E-state index contributed by atoms with van der Waals surface area (Å²) in [5.74, 6) is 0.347. The number of halogens is 1. The Balaban J connectivity index is 1.55. The monoisotopic (exact) mass is 386 g/mol. The van der Waals surface area contributed by atoms with Crippen molar-refractivity contribution in [3.8, 4) is 5.75 Å². The van der Waals surface area contributed by atoms with E-state index in [4.69, 9.17) is 16.3 Å². The fraction of sp³-hybridized carbons (Fsp3) is 0.333. The van der Waals surface area contributed by atoms with Crippen LogP contribution in [0.25, 0.3) is 0 Å². The predicted octanol–water partition coefficient (Wildman–Crippen LogP) is 4.29. The van der Waals surface area contributed by atoms with Gasteiger partial charge in [-0.1, -0.05) is 17.7 Å². The zero-order valence-corrected chi connectivity index (χ0v) is 16.1. The van der Waals surface area contributed by atoms with Gasteiger partial charge in [-0.3, -0.25) is 9.59 Å². The van der Waals surface area contributed by atoms with E-state index < -0.39 is 0 Å². The molecule has 0 atom stereocenters. The highest BCUT2D eigenvalue weighted by Crippen LogP contribution is 2.23. The molecule has 0 radical (unpaired) electrons. The number of amides is 2. The van der Waals surface area contributed by atoms with E-state index in [0.29, 0.717) is 22.0 Å². The van der Waals surface area contributed by atoms with Crippen LogP contribution in [0, 0.1) is 6.92 Å². The van der Waals surface area contributed by atoms with Crippen LogP contribution in [0.15, 0.2) is 42.5 Å². The number of piperidine rings is 1. The van der Waals surface area contributed by atoms with Crippen molar-refractivity contribution >= 4 is 29.1 Å². The zero-order valence-electron chi connectivity index (χ0n) is 15.3. The van der Waals surface area contributed by atoms with E-state index >= 15 is 0 Å². The molecule has 1 aliphatic rings. The number of nitrogens with zero attached hydrogens (tertiary/aromatic N) is 1. The topological polar surface area (TPSA) is 58.6 Å². The number of hydrogen-bond acceptors (Lipinski definition) is 3. The summed E-state index contributed by atoms with van der Waals surface area (Å²) in [6.07, 6.45) is 3.30. The number of carbonyl (C=O) groups excluding carboxylic acids is 2. The molecule has 6 heteroatoms. The van der Waals surface area contributed by atoms with Crippen molar-refractivity contribution in [1.82, 2.24) is 4.90 Å². The lowest BCUT2D eigenvalue weighted by molar-refractivity contribution is -0.134. The first-order chi connectivity index (χ1) is 13.0. The van der Waals surface area contributed by atoms with Gasteiger partial charge in [0.25, 0.3) is 11.8 Å². The zero-order chi connectivity index (χ0) is 19.2. The van der Waals surface area contributed by atoms with Gasteiger partial charge in [0.05, 0.1) is 0 Å². The van der Waals surface area contributed by atoms with Gasteiger partial charge in [0.2, 0.25) is 0 Å². The molecule has 1 aliphatic heterocycles. The molecule has 2 amide bonds. The summed E-state index contributed by atoms with van der Waals surface area (Å²) in [7, 11) is 0. The molecule has 2 aromatic carbocycles. The Morgan fingerprint density at radius 2 is 1.78 bits per heavy atom. The number of carbonyl (C=O) groups is 2. The van der Waals surface area contributed by atoms with Crippen LogP contribution in [0.5, 0.6) is 5.75 Å². The molecular formula is C21H23ClN2O3. The van der Waals surface area contributed by atoms with Crippen LogP contribution >= 0.6 is 11.6 Å². The Bertz CT molecular complexity index is 815. The first-order valence-corrected chi connectivity index (χ1v) is 9.49. The molecule has 0 aliphatic carbocycles. The second kappa shape index (κ2) is 8.91. The van der Waals surface area contributed by atoms with Crippen molar-refractivity contribution in [2.45, 2.75) is 26.2 Å². The number of nitrogens with one attached hydrogen (secondary N) is 1. The maximum atomic E-state index is 12.4. The van der Waals surface area contributed by atoms with Crippen LogP contribution in [0.1, 0.15) is 35.2 Å². The summed E-state index contributed by atoms with van der Waals surface area (Å²) >= 11 is 6.08. The predicted molar refractivity (Wildman–Crippen MR) is 107 cm³/mol. The largest absolute Gasteiger partial charge is 0.484 e. The molecule has 1 heterocycles. The Labute approximate surface area is 164 Å². The summed E-state index contributed by atoms with van der Waals surface area (Å²) in [4.78, 5) is 26.4. The van der Waals surface area contributed by atoms with E-state index in [0.717, 1.165) is 31.5 Å². The van der Waals surface area contributed by atoms with Gasteiger partial charge in [-0.15, -0.1) is 0 Å². The summed E-state index contributed by atoms with van der Waals surface area (Å²) < 4.78 is 5.57. The molecule has 1 fully saturated rings. The maximum absolute atomic E-state index is 12.4. The second-order valence-electron chi connectivity index (χ2n) is 6.62. The normalized spacial score (nSPS) is 13.9. The molecule has 3 rings (SSSR count). The molecule has 0 bridgehead atoms. The van der Waals surface area contributed by atoms with E-state index in [1.165, 1.54) is 6.42 Å². The van der Waals surface area contributed by atoms with Gasteiger partial charge in [-0.2, -0.15) is 0 Å². The molecule has 27 heavy (non-hydrogen) atoms. The summed E-state index contributed by atoms with van der Waals surface area (Å²) in [5, 5.41) is 3.46. The van der Waals surface area contributed by atoms with Crippen LogP contribution < -0.4 is 10.1 Å². The van der Waals surface area contributed by atoms with Gasteiger partial charge in [-0.05, 0) is 68.1 Å². The number of anilines is 1. The fourth-order valence-corrected chi connectivity index (χ4v) is 3.19. The fourth-order valence-electron chi connectivity index (χ4n) is 3.02. The number of benzene rings is 2. The molecule has 5 nitrogen and oxygen atoms in total. The Hall–Kier alpha value is -2.53. The van der Waals surface area contributed by atoms with Gasteiger partial charge >= 0.3 is 0 Å². The van der Waals surface area contributed by atoms with Crippen LogP contribution in [0.4, 0.5) is 5.69 Å². The van der Waals surface area contributed by atoms with E-state index in [1.54, 1.807) is 36.4 Å². The van der Waals surface area contributed by atoms with Gasteiger partial charge in [0.15, 0.2) is 6.61 Å². The minimum atomic E-state index is -0.226.